The maximum atomic E-state index is 11.3. The quantitative estimate of drug-likeness (QED) is 0.792. The summed E-state index contributed by atoms with van der Waals surface area (Å²) in [7, 11) is 0. The summed E-state index contributed by atoms with van der Waals surface area (Å²) in [4.78, 5) is 13.9. The lowest BCUT2D eigenvalue weighted by atomic mass is 9.83. The maximum absolute atomic E-state index is 11.3. The number of nitrogens with one attached hydrogen (secondary N) is 1. The van der Waals surface area contributed by atoms with E-state index in [0.717, 1.165) is 12.6 Å². The summed E-state index contributed by atoms with van der Waals surface area (Å²) in [6.07, 6.45) is 7.30. The smallest absolute Gasteiger partial charge is 0.219 e. The fourth-order valence-electron chi connectivity index (χ4n) is 3.19. The Morgan fingerprint density at radius 2 is 2.06 bits per heavy atom. The van der Waals surface area contributed by atoms with Crippen molar-refractivity contribution in [3.63, 3.8) is 0 Å². The van der Waals surface area contributed by atoms with Gasteiger partial charge in [-0.15, -0.1) is 0 Å². The molecule has 0 aliphatic carbocycles. The van der Waals surface area contributed by atoms with Gasteiger partial charge < -0.3 is 10.2 Å². The van der Waals surface area contributed by atoms with Crippen LogP contribution < -0.4 is 5.32 Å². The van der Waals surface area contributed by atoms with Gasteiger partial charge in [-0.1, -0.05) is 13.3 Å². The van der Waals surface area contributed by atoms with Gasteiger partial charge >= 0.3 is 0 Å². The van der Waals surface area contributed by atoms with Gasteiger partial charge in [0.15, 0.2) is 0 Å². The Hall–Kier alpha value is -0.570. The summed E-state index contributed by atoms with van der Waals surface area (Å²) in [5.74, 6) is 0.900. The van der Waals surface area contributed by atoms with Gasteiger partial charge in [-0.2, -0.15) is 0 Å². The van der Waals surface area contributed by atoms with Crippen LogP contribution in [0, 0.1) is 5.92 Å². The van der Waals surface area contributed by atoms with E-state index in [1.807, 2.05) is 6.92 Å². The van der Waals surface area contributed by atoms with Crippen LogP contribution in [0.15, 0.2) is 0 Å². The van der Waals surface area contributed by atoms with Gasteiger partial charge in [0.05, 0.1) is 0 Å². The van der Waals surface area contributed by atoms with Crippen molar-refractivity contribution in [2.24, 2.45) is 5.92 Å². The fraction of sp³-hybridized carbons (Fsp3) is 0.923. The van der Waals surface area contributed by atoms with E-state index in [-0.39, 0.29) is 5.91 Å². The van der Waals surface area contributed by atoms with Crippen LogP contribution in [0.3, 0.4) is 0 Å². The van der Waals surface area contributed by atoms with E-state index in [9.17, 15) is 4.79 Å². The summed E-state index contributed by atoms with van der Waals surface area (Å²) in [5.41, 5.74) is 0. The second-order valence-electron chi connectivity index (χ2n) is 5.16. The number of hydrogen-bond acceptors (Lipinski definition) is 2. The monoisotopic (exact) mass is 224 g/mol. The molecule has 2 fully saturated rings. The van der Waals surface area contributed by atoms with Crippen LogP contribution in [0.1, 0.15) is 45.4 Å². The second-order valence-corrected chi connectivity index (χ2v) is 5.16. The molecule has 1 amide bonds. The zero-order chi connectivity index (χ0) is 11.4. The van der Waals surface area contributed by atoms with Crippen molar-refractivity contribution < 1.29 is 4.79 Å². The summed E-state index contributed by atoms with van der Waals surface area (Å²) >= 11 is 0. The number of fused-ring (bicyclic) bond motifs is 1. The Bertz CT molecular complexity index is 240. The molecule has 0 aromatic heterocycles. The molecular weight excluding hydrogens is 200 g/mol. The zero-order valence-corrected chi connectivity index (χ0v) is 10.4. The van der Waals surface area contributed by atoms with E-state index in [2.05, 4.69) is 10.2 Å². The number of piperidine rings is 2. The molecule has 0 saturated carbocycles. The molecule has 0 aromatic carbocycles. The lowest BCUT2D eigenvalue weighted by molar-refractivity contribution is -0.121. The highest BCUT2D eigenvalue weighted by Gasteiger charge is 2.32. The molecule has 2 saturated heterocycles. The van der Waals surface area contributed by atoms with Crippen LogP contribution >= 0.6 is 0 Å². The first-order chi connectivity index (χ1) is 7.81. The molecule has 0 radical (unpaired) electrons. The van der Waals surface area contributed by atoms with Crippen molar-refractivity contribution in [1.82, 2.24) is 10.2 Å². The average Bonchev–Trinajstić information content (AvgIpc) is 2.35. The van der Waals surface area contributed by atoms with Crippen LogP contribution in [0.2, 0.25) is 0 Å². The van der Waals surface area contributed by atoms with Crippen molar-refractivity contribution >= 4 is 5.91 Å². The Morgan fingerprint density at radius 3 is 2.88 bits per heavy atom. The molecule has 16 heavy (non-hydrogen) atoms. The molecule has 3 heteroatoms. The third-order valence-electron chi connectivity index (χ3n) is 4.11. The van der Waals surface area contributed by atoms with Gasteiger partial charge in [0.25, 0.3) is 0 Å². The first-order valence-electron chi connectivity index (χ1n) is 6.82. The zero-order valence-electron chi connectivity index (χ0n) is 10.4. The minimum atomic E-state index is 0.202. The highest BCUT2D eigenvalue weighted by molar-refractivity contribution is 5.75. The molecule has 0 unspecified atom stereocenters. The molecule has 2 aliphatic rings. The lowest BCUT2D eigenvalue weighted by Crippen LogP contribution is -2.50. The molecule has 0 aromatic rings. The highest BCUT2D eigenvalue weighted by atomic mass is 16.1. The average molecular weight is 224 g/mol. The molecule has 2 rings (SSSR count). The number of carbonyl (C=O) groups excluding carboxylic acids is 1. The van der Waals surface area contributed by atoms with Gasteiger partial charge in [0, 0.05) is 19.0 Å². The molecule has 0 bridgehead atoms. The molecule has 92 valence electrons. The second kappa shape index (κ2) is 5.67. The normalized spacial score (nSPS) is 30.8. The Balaban J connectivity index is 1.85. The van der Waals surface area contributed by atoms with E-state index in [1.54, 1.807) is 0 Å². The van der Waals surface area contributed by atoms with Gasteiger partial charge in [-0.05, 0) is 44.7 Å². The van der Waals surface area contributed by atoms with E-state index < -0.39 is 0 Å². The van der Waals surface area contributed by atoms with E-state index in [4.69, 9.17) is 0 Å². The number of hydrogen-bond donors (Lipinski definition) is 1. The highest BCUT2D eigenvalue weighted by Crippen LogP contribution is 2.30. The molecular formula is C13H24N2O. The van der Waals surface area contributed by atoms with Gasteiger partial charge in [-0.3, -0.25) is 4.79 Å². The summed E-state index contributed by atoms with van der Waals surface area (Å²) in [6.45, 7) is 5.38. The van der Waals surface area contributed by atoms with Crippen molar-refractivity contribution in [3.05, 3.63) is 0 Å². The van der Waals surface area contributed by atoms with Gasteiger partial charge in [0.2, 0.25) is 5.91 Å². The number of amides is 1. The van der Waals surface area contributed by atoms with Crippen molar-refractivity contribution in [1.29, 1.82) is 0 Å². The van der Waals surface area contributed by atoms with Crippen LogP contribution in [0.5, 0.6) is 0 Å². The minimum absolute atomic E-state index is 0.202. The van der Waals surface area contributed by atoms with Crippen molar-refractivity contribution in [2.45, 2.75) is 51.5 Å². The van der Waals surface area contributed by atoms with E-state index >= 15 is 0 Å². The number of nitrogens with zero attached hydrogens (tertiary/aromatic N) is 1. The lowest BCUT2D eigenvalue weighted by Gasteiger charge is -2.44. The van der Waals surface area contributed by atoms with Crippen molar-refractivity contribution in [3.8, 4) is 0 Å². The minimum Gasteiger partial charge on any atom is -0.356 e. The molecule has 0 spiro atoms. The number of rotatable bonds is 3. The first-order valence-corrected chi connectivity index (χ1v) is 6.82. The molecule has 1 N–H and O–H groups in total. The van der Waals surface area contributed by atoms with Crippen LogP contribution in [-0.2, 0) is 4.79 Å². The van der Waals surface area contributed by atoms with Gasteiger partial charge in [-0.25, -0.2) is 0 Å². The molecule has 2 aliphatic heterocycles. The summed E-state index contributed by atoms with van der Waals surface area (Å²) < 4.78 is 0. The van der Waals surface area contributed by atoms with Crippen LogP contribution in [0.4, 0.5) is 0 Å². The SMILES string of the molecule is CCC(=O)NC[C@@H]1CCCN2CCCC[C@@H]12. The topological polar surface area (TPSA) is 32.3 Å². The Labute approximate surface area is 98.6 Å². The Morgan fingerprint density at radius 1 is 1.25 bits per heavy atom. The first kappa shape index (κ1) is 11.9. The fourth-order valence-corrected chi connectivity index (χ4v) is 3.19. The van der Waals surface area contributed by atoms with Crippen LogP contribution in [0.25, 0.3) is 0 Å². The molecule has 2 atom stereocenters. The third-order valence-corrected chi connectivity index (χ3v) is 4.11. The van der Waals surface area contributed by atoms with Crippen LogP contribution in [-0.4, -0.2) is 36.5 Å². The predicted molar refractivity (Wildman–Crippen MR) is 65.2 cm³/mol. The van der Waals surface area contributed by atoms with E-state index in [1.165, 1.54) is 45.2 Å². The van der Waals surface area contributed by atoms with Crippen molar-refractivity contribution in [2.75, 3.05) is 19.6 Å². The molecule has 2 heterocycles. The Kier molecular flexibility index (Phi) is 4.22. The van der Waals surface area contributed by atoms with E-state index in [0.29, 0.717) is 12.3 Å². The summed E-state index contributed by atoms with van der Waals surface area (Å²) in [6, 6.07) is 0.750. The largest absolute Gasteiger partial charge is 0.356 e. The van der Waals surface area contributed by atoms with Gasteiger partial charge in [0.1, 0.15) is 0 Å². The summed E-state index contributed by atoms with van der Waals surface area (Å²) in [5, 5.41) is 3.07. The maximum Gasteiger partial charge on any atom is 0.219 e. The number of carbonyl (C=O) groups is 1. The third kappa shape index (κ3) is 2.76. The molecule has 3 nitrogen and oxygen atoms in total. The standard InChI is InChI=1S/C13H24N2O/c1-2-13(16)14-10-11-6-5-9-15-8-4-3-7-12(11)15/h11-12H,2-10H2,1H3,(H,14,16)/t11-,12-/m0/s1. The predicted octanol–water partition coefficient (Wildman–Crippen LogP) is 1.78.